The minimum atomic E-state index is -0.0352. The van der Waals surface area contributed by atoms with Gasteiger partial charge in [0.25, 0.3) is 5.91 Å². The Morgan fingerprint density at radius 1 is 1.41 bits per heavy atom. The first kappa shape index (κ1) is 17.0. The fourth-order valence-corrected chi connectivity index (χ4v) is 3.60. The van der Waals surface area contributed by atoms with E-state index in [2.05, 4.69) is 24.1 Å². The molecule has 0 spiro atoms. The normalized spacial score (nSPS) is 11.0. The van der Waals surface area contributed by atoms with Crippen LogP contribution >= 0.6 is 22.9 Å². The second kappa shape index (κ2) is 7.75. The molecule has 22 heavy (non-hydrogen) atoms. The van der Waals surface area contributed by atoms with Crippen molar-refractivity contribution in [1.82, 2.24) is 10.3 Å². The summed E-state index contributed by atoms with van der Waals surface area (Å²) in [6.45, 7) is 6.80. The van der Waals surface area contributed by atoms with Gasteiger partial charge in [-0.05, 0) is 37.0 Å². The van der Waals surface area contributed by atoms with E-state index in [1.807, 2.05) is 31.2 Å². The van der Waals surface area contributed by atoms with Gasteiger partial charge in [-0.2, -0.15) is 0 Å². The van der Waals surface area contributed by atoms with Crippen LogP contribution in [0.3, 0.4) is 0 Å². The van der Waals surface area contributed by atoms with E-state index in [9.17, 15) is 4.79 Å². The van der Waals surface area contributed by atoms with Gasteiger partial charge in [0.15, 0.2) is 0 Å². The van der Waals surface area contributed by atoms with Crippen LogP contribution in [0.1, 0.15) is 39.8 Å². The number of thiazole rings is 1. The maximum absolute atomic E-state index is 12.3. The highest BCUT2D eigenvalue weighted by atomic mass is 35.5. The molecule has 0 bridgehead atoms. The van der Waals surface area contributed by atoms with Crippen LogP contribution in [0.5, 0.6) is 0 Å². The van der Waals surface area contributed by atoms with Crippen LogP contribution in [-0.2, 0) is 12.8 Å². The zero-order chi connectivity index (χ0) is 16.1. The number of rotatable bonds is 6. The molecule has 118 valence electrons. The highest BCUT2D eigenvalue weighted by molar-refractivity contribution is 7.13. The molecule has 0 aliphatic carbocycles. The average Bonchev–Trinajstić information content (AvgIpc) is 2.78. The van der Waals surface area contributed by atoms with Gasteiger partial charge in [-0.15, -0.1) is 11.3 Å². The number of aryl methyl sites for hydroxylation is 1. The molecule has 1 amide bonds. The third-order valence-electron chi connectivity index (χ3n) is 3.22. The number of aromatic nitrogens is 1. The number of benzene rings is 1. The monoisotopic (exact) mass is 336 g/mol. The second-order valence-corrected chi connectivity index (χ2v) is 7.28. The van der Waals surface area contributed by atoms with E-state index in [0.29, 0.717) is 12.5 Å². The van der Waals surface area contributed by atoms with E-state index in [4.69, 9.17) is 11.6 Å². The minimum absolute atomic E-state index is 0.0352. The van der Waals surface area contributed by atoms with Gasteiger partial charge in [0.2, 0.25) is 0 Å². The van der Waals surface area contributed by atoms with E-state index in [1.54, 1.807) is 0 Å². The lowest BCUT2D eigenvalue weighted by molar-refractivity contribution is 0.0957. The van der Waals surface area contributed by atoms with Crippen LogP contribution in [0.2, 0.25) is 5.02 Å². The van der Waals surface area contributed by atoms with E-state index >= 15 is 0 Å². The maximum atomic E-state index is 12.3. The smallest absolute Gasteiger partial charge is 0.263 e. The summed E-state index contributed by atoms with van der Waals surface area (Å²) in [5, 5.41) is 4.72. The highest BCUT2D eigenvalue weighted by Gasteiger charge is 2.15. The Labute approximate surface area is 140 Å². The first-order chi connectivity index (χ1) is 10.5. The molecule has 1 aromatic heterocycles. The zero-order valence-electron chi connectivity index (χ0n) is 13.1. The van der Waals surface area contributed by atoms with Crippen LogP contribution < -0.4 is 5.32 Å². The number of amides is 1. The standard InChI is InChI=1S/C17H21ClN2OS/c1-11(2)9-15-20-12(3)16(22-15)17(21)19-8-7-13-5-4-6-14(18)10-13/h4-6,10-11H,7-9H2,1-3H3,(H,19,21). The molecule has 0 unspecified atom stereocenters. The summed E-state index contributed by atoms with van der Waals surface area (Å²) in [6.07, 6.45) is 1.68. The van der Waals surface area contributed by atoms with Crippen molar-refractivity contribution in [3.05, 3.63) is 50.4 Å². The van der Waals surface area contributed by atoms with Gasteiger partial charge in [0.05, 0.1) is 10.7 Å². The Morgan fingerprint density at radius 2 is 2.18 bits per heavy atom. The third kappa shape index (κ3) is 4.82. The third-order valence-corrected chi connectivity index (χ3v) is 4.63. The predicted octanol–water partition coefficient (Wildman–Crippen LogP) is 4.28. The second-order valence-electron chi connectivity index (χ2n) is 5.76. The van der Waals surface area contributed by atoms with Gasteiger partial charge in [-0.3, -0.25) is 4.79 Å². The number of nitrogens with zero attached hydrogens (tertiary/aromatic N) is 1. The van der Waals surface area contributed by atoms with Crippen LogP contribution in [0.25, 0.3) is 0 Å². The molecule has 0 fully saturated rings. The molecule has 3 nitrogen and oxygen atoms in total. The van der Waals surface area contributed by atoms with E-state index < -0.39 is 0 Å². The average molecular weight is 337 g/mol. The van der Waals surface area contributed by atoms with Gasteiger partial charge < -0.3 is 5.32 Å². The fourth-order valence-electron chi connectivity index (χ4n) is 2.19. The topological polar surface area (TPSA) is 42.0 Å². The SMILES string of the molecule is Cc1nc(CC(C)C)sc1C(=O)NCCc1cccc(Cl)c1. The summed E-state index contributed by atoms with van der Waals surface area (Å²) < 4.78 is 0. The number of hydrogen-bond acceptors (Lipinski definition) is 3. The molecule has 0 saturated heterocycles. The molecular weight excluding hydrogens is 316 g/mol. The predicted molar refractivity (Wildman–Crippen MR) is 92.9 cm³/mol. The zero-order valence-corrected chi connectivity index (χ0v) is 14.7. The summed E-state index contributed by atoms with van der Waals surface area (Å²) in [7, 11) is 0. The Hall–Kier alpha value is -1.39. The Balaban J connectivity index is 1.91. The lowest BCUT2D eigenvalue weighted by Gasteiger charge is -2.04. The lowest BCUT2D eigenvalue weighted by Crippen LogP contribution is -2.25. The molecule has 0 saturated carbocycles. The number of halogens is 1. The summed E-state index contributed by atoms with van der Waals surface area (Å²) in [6, 6.07) is 7.70. The molecule has 0 aliphatic rings. The molecule has 2 rings (SSSR count). The van der Waals surface area contributed by atoms with Crippen molar-refractivity contribution in [2.75, 3.05) is 6.54 Å². The Morgan fingerprint density at radius 3 is 2.86 bits per heavy atom. The van der Waals surface area contributed by atoms with Gasteiger partial charge in [0.1, 0.15) is 4.88 Å². The van der Waals surface area contributed by atoms with Crippen molar-refractivity contribution in [3.63, 3.8) is 0 Å². The van der Waals surface area contributed by atoms with Crippen molar-refractivity contribution >= 4 is 28.8 Å². The molecule has 1 N–H and O–H groups in total. The van der Waals surface area contributed by atoms with Crippen molar-refractivity contribution < 1.29 is 4.79 Å². The molecule has 5 heteroatoms. The molecule has 1 aromatic carbocycles. The largest absolute Gasteiger partial charge is 0.351 e. The van der Waals surface area contributed by atoms with Crippen LogP contribution in [0.15, 0.2) is 24.3 Å². The highest BCUT2D eigenvalue weighted by Crippen LogP contribution is 2.20. The lowest BCUT2D eigenvalue weighted by atomic mass is 10.1. The number of hydrogen-bond donors (Lipinski definition) is 1. The van der Waals surface area contributed by atoms with E-state index in [1.165, 1.54) is 11.3 Å². The van der Waals surface area contributed by atoms with Crippen molar-refractivity contribution in [2.24, 2.45) is 5.92 Å². The van der Waals surface area contributed by atoms with Gasteiger partial charge in [0, 0.05) is 18.0 Å². The molecule has 0 atom stereocenters. The molecule has 0 aliphatic heterocycles. The van der Waals surface area contributed by atoms with Gasteiger partial charge >= 0.3 is 0 Å². The van der Waals surface area contributed by atoms with E-state index in [-0.39, 0.29) is 5.91 Å². The Kier molecular flexibility index (Phi) is 5.98. The molecular formula is C17H21ClN2OS. The van der Waals surface area contributed by atoms with Gasteiger partial charge in [-0.1, -0.05) is 37.6 Å². The van der Waals surface area contributed by atoms with Crippen LogP contribution in [0, 0.1) is 12.8 Å². The van der Waals surface area contributed by atoms with Crippen molar-refractivity contribution in [3.8, 4) is 0 Å². The number of carbonyl (C=O) groups is 1. The first-order valence-corrected chi connectivity index (χ1v) is 8.64. The summed E-state index contributed by atoms with van der Waals surface area (Å²) in [5.41, 5.74) is 1.94. The van der Waals surface area contributed by atoms with Crippen LogP contribution in [0.4, 0.5) is 0 Å². The van der Waals surface area contributed by atoms with Crippen molar-refractivity contribution in [2.45, 2.75) is 33.6 Å². The van der Waals surface area contributed by atoms with Crippen LogP contribution in [-0.4, -0.2) is 17.4 Å². The quantitative estimate of drug-likeness (QED) is 0.855. The molecule has 0 radical (unpaired) electrons. The van der Waals surface area contributed by atoms with Crippen molar-refractivity contribution in [1.29, 1.82) is 0 Å². The number of carbonyl (C=O) groups excluding carboxylic acids is 1. The minimum Gasteiger partial charge on any atom is -0.351 e. The van der Waals surface area contributed by atoms with Gasteiger partial charge in [-0.25, -0.2) is 4.98 Å². The first-order valence-electron chi connectivity index (χ1n) is 7.44. The Bertz CT molecular complexity index is 652. The summed E-state index contributed by atoms with van der Waals surface area (Å²) in [4.78, 5) is 17.5. The molecule has 2 aromatic rings. The maximum Gasteiger partial charge on any atom is 0.263 e. The summed E-state index contributed by atoms with van der Waals surface area (Å²) >= 11 is 7.45. The fraction of sp³-hybridized carbons (Fsp3) is 0.412. The van der Waals surface area contributed by atoms with E-state index in [0.717, 1.165) is 39.0 Å². The molecule has 1 heterocycles. The summed E-state index contributed by atoms with van der Waals surface area (Å²) in [5.74, 6) is 0.510. The number of nitrogens with one attached hydrogen (secondary N) is 1.